The minimum absolute atomic E-state index is 0.0275. The average Bonchev–Trinajstić information content (AvgIpc) is 2.66. The summed E-state index contributed by atoms with van der Waals surface area (Å²) in [4.78, 5) is 19.4. The number of carbonyl (C=O) groups excluding carboxylic acids is 1. The molecule has 0 amide bonds. The Morgan fingerprint density at radius 1 is 1.03 bits per heavy atom. The van der Waals surface area contributed by atoms with Gasteiger partial charge < -0.3 is 5.11 Å². The Kier molecular flexibility index (Phi) is 6.64. The van der Waals surface area contributed by atoms with E-state index >= 15 is 0 Å². The van der Waals surface area contributed by atoms with E-state index in [-0.39, 0.29) is 10.5 Å². The number of nitrogens with zero attached hydrogens (tertiary/aromatic N) is 1. The van der Waals surface area contributed by atoms with Crippen molar-refractivity contribution in [3.8, 4) is 0 Å². The first-order valence-corrected chi connectivity index (χ1v) is 12.0. The van der Waals surface area contributed by atoms with Crippen molar-refractivity contribution in [2.75, 3.05) is 0 Å². The molecule has 1 aliphatic heterocycles. The second-order valence-electron chi connectivity index (χ2n) is 9.65. The van der Waals surface area contributed by atoms with Crippen LogP contribution in [0, 0.1) is 12.7 Å². The molecule has 1 atom stereocenters. The van der Waals surface area contributed by atoms with Crippen LogP contribution in [0.15, 0.2) is 53.4 Å². The third-order valence-electron chi connectivity index (χ3n) is 5.75. The quantitative estimate of drug-likeness (QED) is 0.651. The number of rotatable bonds is 6. The lowest BCUT2D eigenvalue weighted by atomic mass is 9.80. The van der Waals surface area contributed by atoms with Crippen molar-refractivity contribution in [1.82, 2.24) is 5.06 Å². The first-order chi connectivity index (χ1) is 14.7. The number of benzene rings is 2. The minimum atomic E-state index is -4.26. The summed E-state index contributed by atoms with van der Waals surface area (Å²) < 4.78 is 40.6. The molecule has 1 fully saturated rings. The summed E-state index contributed by atoms with van der Waals surface area (Å²) in [7, 11) is -4.26. The van der Waals surface area contributed by atoms with Crippen molar-refractivity contribution in [2.24, 2.45) is 0 Å². The van der Waals surface area contributed by atoms with Crippen molar-refractivity contribution in [3.05, 3.63) is 65.5 Å². The van der Waals surface area contributed by atoms with Gasteiger partial charge in [-0.3, -0.25) is 9.63 Å². The number of hydroxylamine groups is 2. The number of aliphatic hydroxyl groups is 1. The molecule has 32 heavy (non-hydrogen) atoms. The monoisotopic (exact) mass is 463 g/mol. The number of ketones is 1. The van der Waals surface area contributed by atoms with Gasteiger partial charge in [-0.1, -0.05) is 17.7 Å². The molecule has 0 aliphatic carbocycles. The summed E-state index contributed by atoms with van der Waals surface area (Å²) >= 11 is 0. The van der Waals surface area contributed by atoms with Gasteiger partial charge in [0.2, 0.25) is 21.1 Å². The van der Waals surface area contributed by atoms with Gasteiger partial charge in [0.15, 0.2) is 0 Å². The van der Waals surface area contributed by atoms with Gasteiger partial charge in [0.1, 0.15) is 5.82 Å². The molecule has 0 spiro atoms. The van der Waals surface area contributed by atoms with E-state index in [4.69, 9.17) is 4.84 Å². The predicted molar refractivity (Wildman–Crippen MR) is 119 cm³/mol. The van der Waals surface area contributed by atoms with Crippen molar-refractivity contribution >= 4 is 15.6 Å². The van der Waals surface area contributed by atoms with Gasteiger partial charge in [0.25, 0.3) is 0 Å². The second-order valence-corrected chi connectivity index (χ2v) is 11.6. The van der Waals surface area contributed by atoms with Crippen molar-refractivity contribution in [3.63, 3.8) is 0 Å². The summed E-state index contributed by atoms with van der Waals surface area (Å²) in [5, 5.41) is 11.8. The molecule has 8 heteroatoms. The van der Waals surface area contributed by atoms with Crippen LogP contribution in [0.4, 0.5) is 4.39 Å². The lowest BCUT2D eigenvalue weighted by molar-refractivity contribution is -0.292. The normalized spacial score (nSPS) is 20.1. The molecule has 1 N–H and O–H groups in total. The molecule has 1 unspecified atom stereocenters. The zero-order chi connectivity index (χ0) is 23.9. The zero-order valence-corrected chi connectivity index (χ0v) is 19.8. The third-order valence-corrected chi connectivity index (χ3v) is 7.54. The van der Waals surface area contributed by atoms with E-state index in [2.05, 4.69) is 0 Å². The largest absolute Gasteiger partial charge is 0.393 e. The van der Waals surface area contributed by atoms with E-state index in [1.165, 1.54) is 29.3 Å². The van der Waals surface area contributed by atoms with Crippen LogP contribution >= 0.6 is 0 Å². The van der Waals surface area contributed by atoms with Crippen LogP contribution in [0.3, 0.4) is 0 Å². The van der Waals surface area contributed by atoms with Crippen molar-refractivity contribution in [1.29, 1.82) is 0 Å². The van der Waals surface area contributed by atoms with E-state index in [9.17, 15) is 22.7 Å². The third kappa shape index (κ3) is 4.93. The summed E-state index contributed by atoms with van der Waals surface area (Å²) in [6, 6.07) is 10.9. The van der Waals surface area contributed by atoms with Crippen LogP contribution in [-0.2, 0) is 14.7 Å². The summed E-state index contributed by atoms with van der Waals surface area (Å²) in [6.45, 7) is 9.15. The fourth-order valence-electron chi connectivity index (χ4n) is 4.44. The topological polar surface area (TPSA) is 83.9 Å². The highest BCUT2D eigenvalue weighted by Gasteiger charge is 2.50. The zero-order valence-electron chi connectivity index (χ0n) is 19.0. The fourth-order valence-corrected chi connectivity index (χ4v) is 5.82. The Labute approximate surface area is 188 Å². The van der Waals surface area contributed by atoms with Gasteiger partial charge in [0, 0.05) is 16.6 Å². The van der Waals surface area contributed by atoms with E-state index < -0.39 is 44.1 Å². The number of Topliss-reactive ketones (excluding diaryl/α,β-unsaturated/α-hetero) is 1. The van der Waals surface area contributed by atoms with Crippen molar-refractivity contribution in [2.45, 2.75) is 75.0 Å². The van der Waals surface area contributed by atoms with E-state index in [0.29, 0.717) is 12.8 Å². The maximum atomic E-state index is 13.6. The smallest absolute Gasteiger partial charge is 0.246 e. The molecule has 1 saturated heterocycles. The Hall–Kier alpha value is -2.13. The van der Waals surface area contributed by atoms with Crippen LogP contribution in [0.1, 0.15) is 56.5 Å². The SMILES string of the molecule is Cc1ccc(S(=O)(=O)C(ON2C(C)(C)CC(O)CC2(C)C)C(=O)c2ccc(F)cc2)cc1. The Morgan fingerprint density at radius 3 is 2.03 bits per heavy atom. The van der Waals surface area contributed by atoms with E-state index in [1.54, 1.807) is 12.1 Å². The summed E-state index contributed by atoms with van der Waals surface area (Å²) in [5.41, 5.74) is -2.46. The highest BCUT2D eigenvalue weighted by atomic mass is 32.2. The maximum Gasteiger partial charge on any atom is 0.246 e. The fraction of sp³-hybridized carbons (Fsp3) is 0.458. The molecule has 6 nitrogen and oxygen atoms in total. The second kappa shape index (κ2) is 8.67. The van der Waals surface area contributed by atoms with Crippen molar-refractivity contribution < 1.29 is 27.5 Å². The average molecular weight is 464 g/mol. The standard InChI is InChI=1S/C24H30FNO5S/c1-16-6-12-20(13-7-16)32(29,30)22(21(28)17-8-10-18(25)11-9-17)31-26-23(2,3)14-19(27)15-24(26,4)5/h6-13,19,22,27H,14-15H2,1-5H3. The first kappa shape index (κ1) is 24.5. The minimum Gasteiger partial charge on any atom is -0.393 e. The predicted octanol–water partition coefficient (Wildman–Crippen LogP) is 4.06. The van der Waals surface area contributed by atoms with Gasteiger partial charge >= 0.3 is 0 Å². The number of aryl methyl sites for hydroxylation is 1. The molecule has 0 bridgehead atoms. The molecular formula is C24H30FNO5S. The van der Waals surface area contributed by atoms with Crippen LogP contribution in [0.2, 0.25) is 0 Å². The van der Waals surface area contributed by atoms with Gasteiger partial charge in [-0.2, -0.15) is 5.06 Å². The molecule has 174 valence electrons. The molecule has 2 aromatic carbocycles. The highest BCUT2D eigenvalue weighted by Crippen LogP contribution is 2.40. The number of piperidine rings is 1. The number of carbonyl (C=O) groups is 1. The van der Waals surface area contributed by atoms with E-state index in [0.717, 1.165) is 17.7 Å². The Morgan fingerprint density at radius 2 is 1.53 bits per heavy atom. The van der Waals surface area contributed by atoms with Gasteiger partial charge in [-0.05, 0) is 83.9 Å². The molecular weight excluding hydrogens is 433 g/mol. The number of hydrogen-bond acceptors (Lipinski definition) is 6. The number of aliphatic hydroxyl groups excluding tert-OH is 1. The lowest BCUT2D eigenvalue weighted by Gasteiger charge is -2.53. The van der Waals surface area contributed by atoms with Crippen LogP contribution in [0.5, 0.6) is 0 Å². The Balaban J connectivity index is 2.09. The number of hydrogen-bond donors (Lipinski definition) is 1. The van der Waals surface area contributed by atoms with Gasteiger partial charge in [-0.25, -0.2) is 12.8 Å². The molecule has 0 aromatic heterocycles. The van der Waals surface area contributed by atoms with Gasteiger partial charge in [-0.15, -0.1) is 0 Å². The lowest BCUT2D eigenvalue weighted by Crippen LogP contribution is -2.63. The molecule has 1 aliphatic rings. The summed E-state index contributed by atoms with van der Waals surface area (Å²) in [6.07, 6.45) is 0.108. The van der Waals surface area contributed by atoms with Crippen LogP contribution in [0.25, 0.3) is 0 Å². The molecule has 1 heterocycles. The number of sulfone groups is 1. The van der Waals surface area contributed by atoms with Crippen LogP contribution < -0.4 is 0 Å². The molecule has 3 rings (SSSR count). The molecule has 0 saturated carbocycles. The van der Waals surface area contributed by atoms with Gasteiger partial charge in [0.05, 0.1) is 11.0 Å². The Bertz CT molecular complexity index is 1060. The van der Waals surface area contributed by atoms with Crippen LogP contribution in [-0.4, -0.2) is 47.0 Å². The van der Waals surface area contributed by atoms with E-state index in [1.807, 2.05) is 34.6 Å². The maximum absolute atomic E-state index is 13.6. The highest BCUT2D eigenvalue weighted by molar-refractivity contribution is 7.92. The first-order valence-electron chi connectivity index (χ1n) is 10.5. The molecule has 2 aromatic rings. The number of halogens is 1. The molecule has 0 radical (unpaired) electrons. The summed E-state index contributed by atoms with van der Waals surface area (Å²) in [5.74, 6) is -1.32.